The van der Waals surface area contributed by atoms with Crippen molar-refractivity contribution < 1.29 is 0 Å². The Bertz CT molecular complexity index is 1670. The van der Waals surface area contributed by atoms with Gasteiger partial charge in [0.15, 0.2) is 0 Å². The normalized spacial score (nSPS) is 14.5. The Morgan fingerprint density at radius 3 is 0.426 bits per heavy atom. The molecule has 4 aromatic rings. The van der Waals surface area contributed by atoms with E-state index in [0.29, 0.717) is 0 Å². The molecule has 4 rings (SSSR count). The van der Waals surface area contributed by atoms with Gasteiger partial charge in [0.25, 0.3) is 0 Å². The van der Waals surface area contributed by atoms with Gasteiger partial charge in [-0.15, -0.1) is 0 Å². The van der Waals surface area contributed by atoms with E-state index in [4.69, 9.17) is 0 Å². The van der Waals surface area contributed by atoms with Crippen LogP contribution in [0.2, 0.25) is 0 Å². The molecule has 0 aromatic heterocycles. The van der Waals surface area contributed by atoms with E-state index in [1.807, 2.05) is 0 Å². The molecule has 0 unspecified atom stereocenters. The first-order valence-electron chi connectivity index (χ1n) is 23.0. The van der Waals surface area contributed by atoms with Crippen LogP contribution in [0.5, 0.6) is 0 Å². The molecule has 0 atom stereocenters. The van der Waals surface area contributed by atoms with Crippen LogP contribution in [0.15, 0.2) is 97.1 Å². The minimum absolute atomic E-state index is 0.201. The van der Waals surface area contributed by atoms with Gasteiger partial charge in [-0.2, -0.15) is 0 Å². The zero-order valence-electron chi connectivity index (χ0n) is 43.5. The number of hydrogen-bond donors (Lipinski definition) is 0. The molecule has 61 heavy (non-hydrogen) atoms. The average Bonchev–Trinajstić information content (AvgIpc) is 3.02. The second-order valence-corrected chi connectivity index (χ2v) is 52.0. The maximum atomic E-state index is 2.60. The molecule has 0 fully saturated rings. The fourth-order valence-corrected chi connectivity index (χ4v) is 40.9. The van der Waals surface area contributed by atoms with Crippen LogP contribution < -0.4 is 35.5 Å². The van der Waals surface area contributed by atoms with Crippen molar-refractivity contribution in [2.24, 2.45) is 0 Å². The number of benzene rings is 4. The summed E-state index contributed by atoms with van der Waals surface area (Å²) in [4.78, 5) is 0. The zero-order valence-corrected chi connectivity index (χ0v) is 50.0. The molecule has 0 N–H and O–H groups in total. The van der Waals surface area contributed by atoms with Gasteiger partial charge in [-0.3, -0.25) is 0 Å². The number of hydrogen-bond acceptors (Lipinski definition) is 0. The van der Waals surface area contributed by atoms with Crippen molar-refractivity contribution in [2.75, 3.05) is 0 Å². The van der Waals surface area contributed by atoms with Crippen molar-refractivity contribution in [3.05, 3.63) is 97.1 Å². The average molecular weight is 1000 g/mol. The van der Waals surface area contributed by atoms with Crippen LogP contribution in [-0.4, -0.2) is 59.6 Å². The van der Waals surface area contributed by atoms with Crippen molar-refractivity contribution in [3.63, 3.8) is 0 Å². The molecule has 0 aliphatic rings. The topological polar surface area (TPSA) is 0 Å². The van der Waals surface area contributed by atoms with Gasteiger partial charge in [-0.1, -0.05) is 0 Å². The molecule has 0 saturated heterocycles. The second kappa shape index (κ2) is 18.2. The van der Waals surface area contributed by atoms with E-state index in [0.717, 1.165) is 0 Å². The van der Waals surface area contributed by atoms with Gasteiger partial charge in [0.1, 0.15) is 0 Å². The van der Waals surface area contributed by atoms with Gasteiger partial charge in [-0.25, -0.2) is 0 Å². The Balaban J connectivity index is 2.19. The molecule has 5 heteroatoms. The van der Waals surface area contributed by atoms with E-state index in [1.165, 1.54) is 21.2 Å². The molecule has 0 saturated carbocycles. The molecular weight excluding hydrogens is 915 g/mol. The summed E-state index contributed by atoms with van der Waals surface area (Å²) in [6.45, 7) is 58.8. The van der Waals surface area contributed by atoms with Crippen LogP contribution in [0.4, 0.5) is 0 Å². The molecule has 0 radical (unpaired) electrons. The fourth-order valence-electron chi connectivity index (χ4n) is 11.6. The summed E-state index contributed by atoms with van der Waals surface area (Å²) < 4.78 is 6.17. The Labute approximate surface area is 387 Å². The van der Waals surface area contributed by atoms with E-state index < -0.39 is 50.1 Å². The fraction of sp³-hybridized carbons (Fsp3) is 0.571. The summed E-state index contributed by atoms with van der Waals surface area (Å²) in [5.74, 6) is 0. The first-order chi connectivity index (χ1) is 27.3. The number of rotatable bonds is 8. The molecule has 0 spiro atoms. The summed E-state index contributed by atoms with van der Waals surface area (Å²) in [5.41, 5.74) is 0. The predicted molar refractivity (Wildman–Crippen MR) is 294 cm³/mol. The third kappa shape index (κ3) is 12.1. The summed E-state index contributed by atoms with van der Waals surface area (Å²) in [6, 6.07) is 41.2. The van der Waals surface area contributed by atoms with Gasteiger partial charge in [0.05, 0.1) is 0 Å². The van der Waals surface area contributed by atoms with Crippen LogP contribution in [0.1, 0.15) is 166 Å². The van der Waals surface area contributed by atoms with Gasteiger partial charge in [0.2, 0.25) is 0 Å². The first-order valence-corrected chi connectivity index (χ1v) is 34.0. The van der Waals surface area contributed by atoms with Crippen LogP contribution in [-0.2, 0) is 0 Å². The second-order valence-electron chi connectivity index (χ2n) is 25.6. The van der Waals surface area contributed by atoms with Crippen LogP contribution in [0.3, 0.4) is 0 Å². The molecular formula is C56H88P4Sn. The molecule has 0 nitrogen and oxygen atoms in total. The summed E-state index contributed by atoms with van der Waals surface area (Å²) in [6.07, 6.45) is 0. The van der Waals surface area contributed by atoms with Crippen molar-refractivity contribution in [1.29, 1.82) is 0 Å². The third-order valence-corrected chi connectivity index (χ3v) is 39.3. The standard InChI is InChI=1S/4C14H22P.Sn/c4*1-13(2,3)15(14(4,5)6)12-10-8-7-9-11-12;/h4*8-11H,1-6H3;. The first kappa shape index (κ1) is 53.0. The molecule has 0 heterocycles. The van der Waals surface area contributed by atoms with E-state index in [1.54, 1.807) is 14.3 Å². The Morgan fingerprint density at radius 2 is 0.328 bits per heavy atom. The summed E-state index contributed by atoms with van der Waals surface area (Å²) in [5, 5.41) is 7.67. The molecule has 336 valence electrons. The predicted octanol–water partition coefficient (Wildman–Crippen LogP) is 13.9. The monoisotopic (exact) mass is 1000 g/mol. The van der Waals surface area contributed by atoms with Crippen LogP contribution in [0.25, 0.3) is 0 Å². The van der Waals surface area contributed by atoms with Crippen LogP contribution in [0, 0.1) is 0 Å². The van der Waals surface area contributed by atoms with Crippen molar-refractivity contribution in [1.82, 2.24) is 0 Å². The Morgan fingerprint density at radius 1 is 0.213 bits per heavy atom. The quantitative estimate of drug-likeness (QED) is 0.122. The summed E-state index contributed by atoms with van der Waals surface area (Å²) in [7, 11) is -1.69. The molecule has 0 bridgehead atoms. The van der Waals surface area contributed by atoms with Gasteiger partial charge in [-0.05, 0) is 0 Å². The zero-order chi connectivity index (χ0) is 46.7. The SMILES string of the molecule is CC(C)(C)P(c1cc[c]([Sn]([c]2ccc(P(C(C)(C)C)C(C)(C)C)cc2)([c]2ccc(P(C(C)(C)C)C(C)(C)C)cc2)[c]2ccc(P(C(C)(C)C)C(C)(C)C)cc2)cc1)C(C)(C)C. The van der Waals surface area contributed by atoms with Crippen LogP contribution >= 0.6 is 31.7 Å². The molecule has 0 aliphatic carbocycles. The Kier molecular flexibility index (Phi) is 15.8. The van der Waals surface area contributed by atoms with E-state index in [-0.39, 0.29) is 41.2 Å². The Hall–Kier alpha value is -0.601. The maximum absolute atomic E-state index is 4.06. The van der Waals surface area contributed by atoms with E-state index >= 15 is 0 Å². The molecule has 4 aromatic carbocycles. The molecule has 0 aliphatic heterocycles. The van der Waals surface area contributed by atoms with E-state index in [2.05, 4.69) is 263 Å². The van der Waals surface area contributed by atoms with Crippen molar-refractivity contribution in [2.45, 2.75) is 207 Å². The molecule has 0 amide bonds. The minimum atomic E-state index is -4.06. The van der Waals surface area contributed by atoms with E-state index in [9.17, 15) is 0 Å². The summed E-state index contributed by atoms with van der Waals surface area (Å²) >= 11 is -4.06. The van der Waals surface area contributed by atoms with Crippen molar-refractivity contribution >= 4 is 85.6 Å². The van der Waals surface area contributed by atoms with Crippen molar-refractivity contribution in [3.8, 4) is 0 Å². The van der Waals surface area contributed by atoms with Gasteiger partial charge in [0, 0.05) is 0 Å². The van der Waals surface area contributed by atoms with Gasteiger partial charge < -0.3 is 0 Å². The third-order valence-electron chi connectivity index (χ3n) is 11.6. The van der Waals surface area contributed by atoms with Gasteiger partial charge >= 0.3 is 390 Å².